The minimum Gasteiger partial charge on any atom is -0.472 e. The van der Waals surface area contributed by atoms with E-state index < -0.39 is 0 Å². The van der Waals surface area contributed by atoms with Crippen molar-refractivity contribution in [2.24, 2.45) is 0 Å². The number of nitrogens with one attached hydrogen (secondary N) is 1. The second kappa shape index (κ2) is 6.11. The van der Waals surface area contributed by atoms with E-state index in [0.29, 0.717) is 6.04 Å². The largest absolute Gasteiger partial charge is 0.472 e. The number of rotatable bonds is 6. The molecule has 0 fully saturated rings. The molecule has 0 spiro atoms. The molecular weight excluding hydrogens is 182 g/mol. The van der Waals surface area contributed by atoms with Crippen LogP contribution in [-0.4, -0.2) is 18.6 Å². The van der Waals surface area contributed by atoms with E-state index in [0.717, 1.165) is 6.54 Å². The summed E-state index contributed by atoms with van der Waals surface area (Å²) in [5, 5.41) is 3.45. The summed E-state index contributed by atoms with van der Waals surface area (Å²) in [6, 6.07) is 2.41. The molecule has 0 saturated heterocycles. The third kappa shape index (κ3) is 3.87. The molecule has 13 heavy (non-hydrogen) atoms. The summed E-state index contributed by atoms with van der Waals surface area (Å²) in [4.78, 5) is 0. The van der Waals surface area contributed by atoms with Crippen molar-refractivity contribution in [1.29, 1.82) is 0 Å². The number of furan rings is 1. The highest BCUT2D eigenvalue weighted by Gasteiger charge is 2.04. The second-order valence-electron chi connectivity index (χ2n) is 3.08. The highest BCUT2D eigenvalue weighted by atomic mass is 32.2. The Balaban J connectivity index is 2.15. The van der Waals surface area contributed by atoms with E-state index in [4.69, 9.17) is 4.42 Å². The summed E-state index contributed by atoms with van der Waals surface area (Å²) < 4.78 is 5.02. The van der Waals surface area contributed by atoms with Crippen molar-refractivity contribution in [2.45, 2.75) is 19.4 Å². The zero-order chi connectivity index (χ0) is 9.52. The van der Waals surface area contributed by atoms with Crippen molar-refractivity contribution < 1.29 is 4.42 Å². The topological polar surface area (TPSA) is 25.2 Å². The van der Waals surface area contributed by atoms with Crippen LogP contribution < -0.4 is 5.32 Å². The van der Waals surface area contributed by atoms with Gasteiger partial charge in [0.05, 0.1) is 12.5 Å². The summed E-state index contributed by atoms with van der Waals surface area (Å²) in [6.45, 7) is 3.23. The van der Waals surface area contributed by atoms with Gasteiger partial charge in [0, 0.05) is 11.6 Å². The van der Waals surface area contributed by atoms with Gasteiger partial charge in [0.15, 0.2) is 0 Å². The molecule has 1 unspecified atom stereocenters. The Hall–Kier alpha value is -0.410. The van der Waals surface area contributed by atoms with Crippen LogP contribution in [-0.2, 0) is 0 Å². The van der Waals surface area contributed by atoms with Gasteiger partial charge in [-0.1, -0.05) is 0 Å². The fourth-order valence-corrected chi connectivity index (χ4v) is 1.61. The van der Waals surface area contributed by atoms with Crippen molar-refractivity contribution in [3.63, 3.8) is 0 Å². The molecule has 0 aliphatic heterocycles. The fourth-order valence-electron chi connectivity index (χ4n) is 1.17. The lowest BCUT2D eigenvalue weighted by atomic mass is 10.2. The molecule has 0 radical (unpaired) electrons. The molecule has 0 saturated carbocycles. The highest BCUT2D eigenvalue weighted by Crippen LogP contribution is 2.11. The van der Waals surface area contributed by atoms with E-state index in [2.05, 4.69) is 18.5 Å². The van der Waals surface area contributed by atoms with Crippen LogP contribution in [0, 0.1) is 0 Å². The van der Waals surface area contributed by atoms with E-state index >= 15 is 0 Å². The average Bonchev–Trinajstić information content (AvgIpc) is 2.65. The maximum atomic E-state index is 5.02. The number of hydrogen-bond acceptors (Lipinski definition) is 3. The molecule has 1 heterocycles. The Morgan fingerprint density at radius 1 is 1.62 bits per heavy atom. The Bertz CT molecular complexity index is 211. The smallest absolute Gasteiger partial charge is 0.0950 e. The summed E-state index contributed by atoms with van der Waals surface area (Å²) >= 11 is 1.89. The van der Waals surface area contributed by atoms with Crippen molar-refractivity contribution in [2.75, 3.05) is 18.6 Å². The quantitative estimate of drug-likeness (QED) is 0.713. The molecule has 1 rings (SSSR count). The summed E-state index contributed by atoms with van der Waals surface area (Å²) in [7, 11) is 0. The van der Waals surface area contributed by atoms with Gasteiger partial charge in [-0.3, -0.25) is 0 Å². The van der Waals surface area contributed by atoms with Gasteiger partial charge < -0.3 is 9.73 Å². The van der Waals surface area contributed by atoms with Crippen molar-refractivity contribution in [3.05, 3.63) is 24.2 Å². The Kier molecular flexibility index (Phi) is 5.01. The van der Waals surface area contributed by atoms with Crippen LogP contribution in [0.4, 0.5) is 0 Å². The van der Waals surface area contributed by atoms with Crippen LogP contribution in [0.25, 0.3) is 0 Å². The standard InChI is InChI=1S/C10H17NOS/c1-9(10-4-6-12-8-10)11-5-3-7-13-2/h4,6,8-9,11H,3,5,7H2,1-2H3. The first-order chi connectivity index (χ1) is 6.34. The monoisotopic (exact) mass is 199 g/mol. The molecule has 0 aromatic carbocycles. The first-order valence-electron chi connectivity index (χ1n) is 4.59. The zero-order valence-corrected chi connectivity index (χ0v) is 9.06. The van der Waals surface area contributed by atoms with Gasteiger partial charge in [-0.25, -0.2) is 0 Å². The molecule has 0 aliphatic carbocycles. The van der Waals surface area contributed by atoms with Crippen molar-refractivity contribution in [3.8, 4) is 0 Å². The average molecular weight is 199 g/mol. The van der Waals surface area contributed by atoms with Gasteiger partial charge in [-0.05, 0) is 38.0 Å². The molecule has 0 bridgehead atoms. The Morgan fingerprint density at radius 3 is 3.08 bits per heavy atom. The molecule has 1 aromatic heterocycles. The van der Waals surface area contributed by atoms with E-state index in [-0.39, 0.29) is 0 Å². The molecule has 2 nitrogen and oxygen atoms in total. The maximum absolute atomic E-state index is 5.02. The predicted octanol–water partition coefficient (Wildman–Crippen LogP) is 2.68. The van der Waals surface area contributed by atoms with Crippen LogP contribution in [0.3, 0.4) is 0 Å². The van der Waals surface area contributed by atoms with Crippen LogP contribution in [0.15, 0.2) is 23.0 Å². The minimum atomic E-state index is 0.403. The number of hydrogen-bond donors (Lipinski definition) is 1. The van der Waals surface area contributed by atoms with Crippen molar-refractivity contribution in [1.82, 2.24) is 5.32 Å². The van der Waals surface area contributed by atoms with Gasteiger partial charge in [-0.15, -0.1) is 0 Å². The van der Waals surface area contributed by atoms with E-state index in [1.165, 1.54) is 17.7 Å². The third-order valence-electron chi connectivity index (χ3n) is 2.02. The van der Waals surface area contributed by atoms with Gasteiger partial charge in [0.2, 0.25) is 0 Å². The Labute approximate surface area is 84.1 Å². The zero-order valence-electron chi connectivity index (χ0n) is 8.25. The van der Waals surface area contributed by atoms with E-state index in [1.54, 1.807) is 12.5 Å². The van der Waals surface area contributed by atoms with E-state index in [9.17, 15) is 0 Å². The van der Waals surface area contributed by atoms with Gasteiger partial charge >= 0.3 is 0 Å². The first kappa shape index (κ1) is 10.7. The highest BCUT2D eigenvalue weighted by molar-refractivity contribution is 7.98. The van der Waals surface area contributed by atoms with Crippen LogP contribution >= 0.6 is 11.8 Å². The summed E-state index contributed by atoms with van der Waals surface area (Å²) in [5.41, 5.74) is 1.23. The predicted molar refractivity (Wildman–Crippen MR) is 58.1 cm³/mol. The third-order valence-corrected chi connectivity index (χ3v) is 2.72. The molecule has 74 valence electrons. The molecule has 1 aromatic rings. The normalized spacial score (nSPS) is 13.1. The number of thioether (sulfide) groups is 1. The lowest BCUT2D eigenvalue weighted by molar-refractivity contribution is 0.538. The Morgan fingerprint density at radius 2 is 2.46 bits per heavy atom. The second-order valence-corrected chi connectivity index (χ2v) is 4.06. The lowest BCUT2D eigenvalue weighted by Gasteiger charge is -2.10. The molecule has 3 heteroatoms. The van der Waals surface area contributed by atoms with Gasteiger partial charge in [0.1, 0.15) is 0 Å². The molecule has 0 aliphatic rings. The molecule has 1 atom stereocenters. The molecule has 0 amide bonds. The van der Waals surface area contributed by atoms with Crippen LogP contribution in [0.2, 0.25) is 0 Å². The minimum absolute atomic E-state index is 0.403. The molecular formula is C10H17NOS. The summed E-state index contributed by atoms with van der Waals surface area (Å²) in [5.74, 6) is 1.23. The summed E-state index contributed by atoms with van der Waals surface area (Å²) in [6.07, 6.45) is 6.88. The maximum Gasteiger partial charge on any atom is 0.0950 e. The van der Waals surface area contributed by atoms with E-state index in [1.807, 2.05) is 17.8 Å². The van der Waals surface area contributed by atoms with Crippen molar-refractivity contribution >= 4 is 11.8 Å². The fraction of sp³-hybridized carbons (Fsp3) is 0.600. The van der Waals surface area contributed by atoms with Gasteiger partial charge in [-0.2, -0.15) is 11.8 Å². The molecule has 1 N–H and O–H groups in total. The van der Waals surface area contributed by atoms with Crippen LogP contribution in [0.5, 0.6) is 0 Å². The van der Waals surface area contributed by atoms with Gasteiger partial charge in [0.25, 0.3) is 0 Å². The van der Waals surface area contributed by atoms with Crippen LogP contribution in [0.1, 0.15) is 24.9 Å². The first-order valence-corrected chi connectivity index (χ1v) is 5.98. The lowest BCUT2D eigenvalue weighted by Crippen LogP contribution is -2.19. The SMILES string of the molecule is CSCCCNC(C)c1ccoc1.